The van der Waals surface area contributed by atoms with E-state index in [4.69, 9.17) is 21.1 Å². The Morgan fingerprint density at radius 3 is 2.48 bits per heavy atom. The zero-order chi connectivity index (χ0) is 20.6. The Kier molecular flexibility index (Phi) is 6.92. The molecule has 0 aliphatic carbocycles. The number of hydrogen-bond acceptors (Lipinski definition) is 4. The molecule has 0 heterocycles. The summed E-state index contributed by atoms with van der Waals surface area (Å²) in [6, 6.07) is 16.1. The van der Waals surface area contributed by atoms with E-state index in [-0.39, 0.29) is 0 Å². The minimum atomic E-state index is -0.461. The molecule has 0 aromatic heterocycles. The first-order valence-electron chi connectivity index (χ1n) is 9.28. The Balaban J connectivity index is 1.82. The Morgan fingerprint density at radius 2 is 1.76 bits per heavy atom. The molecule has 7 heteroatoms. The highest BCUT2D eigenvalue weighted by atomic mass is 35.5. The first kappa shape index (κ1) is 20.5. The van der Waals surface area contributed by atoms with Gasteiger partial charge in [-0.2, -0.15) is 5.10 Å². The van der Waals surface area contributed by atoms with Crippen LogP contribution in [0.4, 0.5) is 10.5 Å². The molecule has 150 valence electrons. The van der Waals surface area contributed by atoms with Gasteiger partial charge in [0.1, 0.15) is 11.5 Å². The van der Waals surface area contributed by atoms with E-state index < -0.39 is 6.03 Å². The number of anilines is 1. The maximum absolute atomic E-state index is 12.1. The summed E-state index contributed by atoms with van der Waals surface area (Å²) in [5, 5.41) is 9.31. The average Bonchev–Trinajstić information content (AvgIpc) is 2.71. The molecule has 29 heavy (non-hydrogen) atoms. The number of benzene rings is 3. The van der Waals surface area contributed by atoms with E-state index >= 15 is 0 Å². The van der Waals surface area contributed by atoms with Crippen molar-refractivity contribution in [2.24, 2.45) is 5.10 Å². The molecule has 3 aromatic rings. The monoisotopic (exact) mass is 411 g/mol. The Bertz CT molecular complexity index is 1010. The molecule has 0 bridgehead atoms. The van der Waals surface area contributed by atoms with Gasteiger partial charge in [0.25, 0.3) is 0 Å². The van der Waals surface area contributed by atoms with Crippen molar-refractivity contribution in [1.29, 1.82) is 0 Å². The van der Waals surface area contributed by atoms with Gasteiger partial charge in [-0.15, -0.1) is 0 Å². The number of carbonyl (C=O) groups is 1. The van der Waals surface area contributed by atoms with Crippen molar-refractivity contribution in [2.45, 2.75) is 13.8 Å². The number of amides is 2. The minimum Gasteiger partial charge on any atom is -0.494 e. The molecule has 2 amide bonds. The molecule has 0 unspecified atom stereocenters. The summed E-state index contributed by atoms with van der Waals surface area (Å²) in [6.45, 7) is 4.94. The zero-order valence-electron chi connectivity index (χ0n) is 16.2. The van der Waals surface area contributed by atoms with Gasteiger partial charge in [0, 0.05) is 16.3 Å². The van der Waals surface area contributed by atoms with E-state index in [2.05, 4.69) is 15.8 Å². The lowest BCUT2D eigenvalue weighted by molar-refractivity contribution is 0.252. The second-order valence-electron chi connectivity index (χ2n) is 6.06. The van der Waals surface area contributed by atoms with E-state index in [1.54, 1.807) is 30.5 Å². The van der Waals surface area contributed by atoms with Crippen molar-refractivity contribution < 1.29 is 14.3 Å². The second kappa shape index (κ2) is 9.80. The van der Waals surface area contributed by atoms with Gasteiger partial charge in [0.05, 0.1) is 19.4 Å². The van der Waals surface area contributed by atoms with Crippen LogP contribution in [0.5, 0.6) is 11.5 Å². The van der Waals surface area contributed by atoms with Crippen LogP contribution in [0.2, 0.25) is 5.02 Å². The minimum absolute atomic E-state index is 0.461. The summed E-state index contributed by atoms with van der Waals surface area (Å²) < 4.78 is 11.3. The first-order valence-corrected chi connectivity index (χ1v) is 9.66. The lowest BCUT2D eigenvalue weighted by Crippen LogP contribution is -2.24. The normalized spacial score (nSPS) is 10.9. The van der Waals surface area contributed by atoms with Crippen LogP contribution in [0.15, 0.2) is 59.7 Å². The number of hydrazone groups is 1. The highest BCUT2D eigenvalue weighted by molar-refractivity contribution is 6.30. The predicted molar refractivity (Wildman–Crippen MR) is 117 cm³/mol. The number of ether oxygens (including phenoxy) is 2. The second-order valence-corrected chi connectivity index (χ2v) is 6.49. The Morgan fingerprint density at radius 1 is 1.03 bits per heavy atom. The summed E-state index contributed by atoms with van der Waals surface area (Å²) in [4.78, 5) is 12.1. The van der Waals surface area contributed by atoms with Crippen LogP contribution < -0.4 is 20.2 Å². The summed E-state index contributed by atoms with van der Waals surface area (Å²) >= 11 is 5.85. The van der Waals surface area contributed by atoms with Crippen LogP contribution >= 0.6 is 11.6 Å². The van der Waals surface area contributed by atoms with Gasteiger partial charge in [0.2, 0.25) is 0 Å². The van der Waals surface area contributed by atoms with E-state index in [1.165, 1.54) is 0 Å². The lowest BCUT2D eigenvalue weighted by Gasteiger charge is -2.12. The fourth-order valence-electron chi connectivity index (χ4n) is 2.82. The molecule has 0 saturated carbocycles. The molecule has 0 spiro atoms. The third kappa shape index (κ3) is 5.39. The van der Waals surface area contributed by atoms with Crippen molar-refractivity contribution in [1.82, 2.24) is 5.43 Å². The van der Waals surface area contributed by atoms with E-state index in [9.17, 15) is 4.79 Å². The maximum atomic E-state index is 12.1. The van der Waals surface area contributed by atoms with Crippen LogP contribution in [0.25, 0.3) is 10.8 Å². The number of nitrogens with zero attached hydrogens (tertiary/aromatic N) is 1. The maximum Gasteiger partial charge on any atom is 0.339 e. The smallest absolute Gasteiger partial charge is 0.339 e. The summed E-state index contributed by atoms with van der Waals surface area (Å²) in [5.74, 6) is 1.44. The van der Waals surface area contributed by atoms with Crippen LogP contribution in [-0.4, -0.2) is 25.5 Å². The average molecular weight is 412 g/mol. The SMILES string of the molecule is CCOc1ccc2ccc(OCC)c(/C=N/NC(=O)Nc3ccc(Cl)cc3)c2c1. The van der Waals surface area contributed by atoms with E-state index in [0.29, 0.717) is 29.7 Å². The van der Waals surface area contributed by atoms with Crippen molar-refractivity contribution in [3.05, 3.63) is 65.2 Å². The molecule has 0 radical (unpaired) electrons. The van der Waals surface area contributed by atoms with E-state index in [0.717, 1.165) is 22.1 Å². The molecule has 0 saturated heterocycles. The van der Waals surface area contributed by atoms with Gasteiger partial charge in [0.15, 0.2) is 0 Å². The highest BCUT2D eigenvalue weighted by Gasteiger charge is 2.09. The van der Waals surface area contributed by atoms with Crippen LogP contribution in [-0.2, 0) is 0 Å². The van der Waals surface area contributed by atoms with Crippen molar-refractivity contribution >= 4 is 40.3 Å². The van der Waals surface area contributed by atoms with Crippen LogP contribution in [0, 0.1) is 0 Å². The summed E-state index contributed by atoms with van der Waals surface area (Å²) in [6.07, 6.45) is 1.57. The van der Waals surface area contributed by atoms with Crippen molar-refractivity contribution in [3.63, 3.8) is 0 Å². The molecular formula is C22H22ClN3O3. The molecule has 0 fully saturated rings. The largest absolute Gasteiger partial charge is 0.494 e. The van der Waals surface area contributed by atoms with Crippen LogP contribution in [0.3, 0.4) is 0 Å². The van der Waals surface area contributed by atoms with E-state index in [1.807, 2.05) is 44.2 Å². The topological polar surface area (TPSA) is 72.0 Å². The first-order chi connectivity index (χ1) is 14.1. The molecule has 0 aliphatic heterocycles. The standard InChI is InChI=1S/C22H22ClN3O3/c1-3-28-18-11-5-15-6-12-21(29-4-2)20(19(15)13-18)14-24-26-22(27)25-17-9-7-16(23)8-10-17/h5-14H,3-4H2,1-2H3,(H2,25,26,27)/b24-14+. The van der Waals surface area contributed by atoms with Gasteiger partial charge >= 0.3 is 6.03 Å². The van der Waals surface area contributed by atoms with Gasteiger partial charge in [-0.3, -0.25) is 0 Å². The lowest BCUT2D eigenvalue weighted by atomic mass is 10.0. The third-order valence-electron chi connectivity index (χ3n) is 4.07. The molecule has 0 atom stereocenters. The number of fused-ring (bicyclic) bond motifs is 1. The zero-order valence-corrected chi connectivity index (χ0v) is 17.0. The van der Waals surface area contributed by atoms with Crippen molar-refractivity contribution in [2.75, 3.05) is 18.5 Å². The predicted octanol–water partition coefficient (Wildman–Crippen LogP) is 5.45. The number of rotatable bonds is 7. The number of nitrogens with one attached hydrogen (secondary N) is 2. The number of hydrogen-bond donors (Lipinski definition) is 2. The molecule has 3 aromatic carbocycles. The molecule has 6 nitrogen and oxygen atoms in total. The fourth-order valence-corrected chi connectivity index (χ4v) is 2.95. The van der Waals surface area contributed by atoms with Gasteiger partial charge < -0.3 is 14.8 Å². The van der Waals surface area contributed by atoms with Gasteiger partial charge in [-0.25, -0.2) is 10.2 Å². The quantitative estimate of drug-likeness (QED) is 0.401. The third-order valence-corrected chi connectivity index (χ3v) is 4.32. The highest BCUT2D eigenvalue weighted by Crippen LogP contribution is 2.30. The Labute approximate surface area is 174 Å². The summed E-state index contributed by atoms with van der Waals surface area (Å²) in [5.41, 5.74) is 3.84. The van der Waals surface area contributed by atoms with Crippen molar-refractivity contribution in [3.8, 4) is 11.5 Å². The number of urea groups is 1. The fraction of sp³-hybridized carbons (Fsp3) is 0.182. The van der Waals surface area contributed by atoms with Gasteiger partial charge in [-0.1, -0.05) is 23.7 Å². The number of carbonyl (C=O) groups excluding carboxylic acids is 1. The van der Waals surface area contributed by atoms with Gasteiger partial charge in [-0.05, 0) is 67.1 Å². The molecule has 3 rings (SSSR count). The number of halogens is 1. The summed E-state index contributed by atoms with van der Waals surface area (Å²) in [7, 11) is 0. The Hall–Kier alpha value is -3.25. The molecule has 2 N–H and O–H groups in total. The molecular weight excluding hydrogens is 390 g/mol. The molecule has 0 aliphatic rings. The van der Waals surface area contributed by atoms with Crippen LogP contribution in [0.1, 0.15) is 19.4 Å².